The Bertz CT molecular complexity index is 112. The summed E-state index contributed by atoms with van der Waals surface area (Å²) >= 11 is 0. The molecule has 0 unspecified atom stereocenters. The molecule has 1 radical (unpaired) electrons. The molecule has 1 amide bonds. The molecule has 3 heteroatoms. The minimum Gasteiger partial charge on any atom is -0.339 e. The average molecular weight is 128 g/mol. The van der Waals surface area contributed by atoms with Crippen LogP contribution in [0.2, 0.25) is 0 Å². The van der Waals surface area contributed by atoms with E-state index < -0.39 is 5.91 Å². The van der Waals surface area contributed by atoms with E-state index in [1.165, 1.54) is 11.2 Å². The van der Waals surface area contributed by atoms with E-state index in [2.05, 4.69) is 0 Å². The largest absolute Gasteiger partial charge is 0.339 e. The molecule has 3 nitrogen and oxygen atoms in total. The van der Waals surface area contributed by atoms with Crippen molar-refractivity contribution in [1.29, 1.82) is 0 Å². The van der Waals surface area contributed by atoms with Crippen LogP contribution in [0.1, 0.15) is 13.3 Å². The Labute approximate surface area is 54.6 Å². The van der Waals surface area contributed by atoms with Crippen molar-refractivity contribution in [1.82, 2.24) is 4.90 Å². The van der Waals surface area contributed by atoms with Crippen molar-refractivity contribution in [2.75, 3.05) is 13.6 Å². The van der Waals surface area contributed by atoms with Crippen LogP contribution in [0.25, 0.3) is 0 Å². The van der Waals surface area contributed by atoms with E-state index in [0.717, 1.165) is 6.42 Å². The summed E-state index contributed by atoms with van der Waals surface area (Å²) in [4.78, 5) is 21.4. The molecule has 0 rings (SSSR count). The summed E-state index contributed by atoms with van der Waals surface area (Å²) in [6.45, 7) is 2.56. The van der Waals surface area contributed by atoms with Crippen LogP contribution >= 0.6 is 0 Å². The number of hydrogen-bond acceptors (Lipinski definition) is 2. The summed E-state index contributed by atoms with van der Waals surface area (Å²) in [6, 6.07) is 0. The van der Waals surface area contributed by atoms with Gasteiger partial charge in [-0.25, -0.2) is 0 Å². The first-order chi connectivity index (χ1) is 4.22. The van der Waals surface area contributed by atoms with Crippen molar-refractivity contribution >= 4 is 12.2 Å². The van der Waals surface area contributed by atoms with Gasteiger partial charge >= 0.3 is 0 Å². The minimum atomic E-state index is -0.572. The highest BCUT2D eigenvalue weighted by Gasteiger charge is 2.04. The number of likely N-dealkylation sites (N-methyl/N-ethyl adjacent to an activating group) is 1. The molecule has 0 atom stereocenters. The predicted octanol–water partition coefficient (Wildman–Crippen LogP) is -0.0355. The van der Waals surface area contributed by atoms with Gasteiger partial charge in [0.05, 0.1) is 0 Å². The highest BCUT2D eigenvalue weighted by Crippen LogP contribution is 1.83. The van der Waals surface area contributed by atoms with Crippen LogP contribution < -0.4 is 0 Å². The molecule has 0 spiro atoms. The molecule has 0 aliphatic heterocycles. The molecule has 0 heterocycles. The van der Waals surface area contributed by atoms with E-state index in [9.17, 15) is 9.59 Å². The first-order valence-electron chi connectivity index (χ1n) is 2.85. The number of carbonyl (C=O) groups is 1. The van der Waals surface area contributed by atoms with Gasteiger partial charge in [-0.3, -0.25) is 9.59 Å². The Kier molecular flexibility index (Phi) is 3.67. The van der Waals surface area contributed by atoms with Gasteiger partial charge in [0.2, 0.25) is 0 Å². The third kappa shape index (κ3) is 2.85. The number of hydrogen-bond donors (Lipinski definition) is 0. The lowest BCUT2D eigenvalue weighted by Crippen LogP contribution is -2.27. The van der Waals surface area contributed by atoms with Crippen molar-refractivity contribution in [3.63, 3.8) is 0 Å². The molecule has 0 saturated heterocycles. The summed E-state index contributed by atoms with van der Waals surface area (Å²) in [6.07, 6.45) is 2.15. The lowest BCUT2D eigenvalue weighted by molar-refractivity contribution is -0.123. The van der Waals surface area contributed by atoms with Crippen LogP contribution in [0, 0.1) is 0 Å². The zero-order valence-electron chi connectivity index (χ0n) is 5.68. The molecule has 0 bridgehead atoms. The molecule has 0 aliphatic rings. The molecule has 0 N–H and O–H groups in total. The average Bonchev–Trinajstić information content (AvgIpc) is 1.87. The topological polar surface area (TPSA) is 37.4 Å². The summed E-state index contributed by atoms with van der Waals surface area (Å²) < 4.78 is 0. The van der Waals surface area contributed by atoms with E-state index in [1.807, 2.05) is 6.92 Å². The molecule has 0 aliphatic carbocycles. The Balaban J connectivity index is 3.58. The van der Waals surface area contributed by atoms with Gasteiger partial charge in [0.15, 0.2) is 0 Å². The van der Waals surface area contributed by atoms with Crippen LogP contribution in [0.3, 0.4) is 0 Å². The third-order valence-electron chi connectivity index (χ3n) is 0.993. The Morgan fingerprint density at radius 2 is 2.22 bits per heavy atom. The molecule has 0 aromatic heterocycles. The molecule has 0 fully saturated rings. The Hall–Kier alpha value is -0.860. The van der Waals surface area contributed by atoms with Gasteiger partial charge in [0, 0.05) is 13.6 Å². The second kappa shape index (κ2) is 4.06. The van der Waals surface area contributed by atoms with E-state index in [4.69, 9.17) is 0 Å². The van der Waals surface area contributed by atoms with Crippen LogP contribution in [0.5, 0.6) is 0 Å². The molecule has 51 valence electrons. The fourth-order valence-corrected chi connectivity index (χ4v) is 0.515. The number of amides is 1. The fourth-order valence-electron chi connectivity index (χ4n) is 0.515. The summed E-state index contributed by atoms with van der Waals surface area (Å²) in [5.41, 5.74) is 0. The first kappa shape index (κ1) is 8.14. The van der Waals surface area contributed by atoms with E-state index >= 15 is 0 Å². The van der Waals surface area contributed by atoms with Gasteiger partial charge in [-0.2, -0.15) is 0 Å². The second-order valence-electron chi connectivity index (χ2n) is 1.83. The Morgan fingerprint density at radius 3 is 2.56 bits per heavy atom. The van der Waals surface area contributed by atoms with Crippen molar-refractivity contribution in [3.05, 3.63) is 0 Å². The lowest BCUT2D eigenvalue weighted by Gasteiger charge is -2.10. The SMILES string of the molecule is CCCN(C)C(=O)[C]=O. The maximum atomic E-state index is 10.4. The number of nitrogens with zero attached hydrogens (tertiary/aromatic N) is 1. The van der Waals surface area contributed by atoms with Crippen molar-refractivity contribution in [2.45, 2.75) is 13.3 Å². The highest BCUT2D eigenvalue weighted by atomic mass is 16.2. The lowest BCUT2D eigenvalue weighted by atomic mass is 10.4. The van der Waals surface area contributed by atoms with E-state index in [-0.39, 0.29) is 0 Å². The highest BCUT2D eigenvalue weighted by molar-refractivity contribution is 6.23. The first-order valence-corrected chi connectivity index (χ1v) is 2.85. The zero-order chi connectivity index (χ0) is 7.28. The van der Waals surface area contributed by atoms with E-state index in [1.54, 1.807) is 7.05 Å². The number of rotatable bonds is 3. The predicted molar refractivity (Wildman–Crippen MR) is 33.6 cm³/mol. The van der Waals surface area contributed by atoms with Gasteiger partial charge < -0.3 is 4.90 Å². The van der Waals surface area contributed by atoms with Gasteiger partial charge in [0.1, 0.15) is 0 Å². The van der Waals surface area contributed by atoms with Gasteiger partial charge in [-0.05, 0) is 6.42 Å². The maximum Gasteiger partial charge on any atom is 0.298 e. The van der Waals surface area contributed by atoms with Crippen molar-refractivity contribution < 1.29 is 9.59 Å². The van der Waals surface area contributed by atoms with Crippen LogP contribution in [0.4, 0.5) is 0 Å². The van der Waals surface area contributed by atoms with Gasteiger partial charge in [0.25, 0.3) is 12.2 Å². The van der Waals surface area contributed by atoms with E-state index in [0.29, 0.717) is 6.54 Å². The van der Waals surface area contributed by atoms with Crippen LogP contribution in [-0.4, -0.2) is 30.7 Å². The zero-order valence-corrected chi connectivity index (χ0v) is 5.68. The monoisotopic (exact) mass is 128 g/mol. The third-order valence-corrected chi connectivity index (χ3v) is 0.993. The quantitative estimate of drug-likeness (QED) is 0.500. The fraction of sp³-hybridized carbons (Fsp3) is 0.667. The smallest absolute Gasteiger partial charge is 0.298 e. The molecule has 0 saturated carbocycles. The number of carbonyl (C=O) groups excluding carboxylic acids is 2. The normalized spacial score (nSPS) is 8.67. The molecule has 9 heavy (non-hydrogen) atoms. The molecule has 0 aromatic carbocycles. The molecular weight excluding hydrogens is 118 g/mol. The Morgan fingerprint density at radius 1 is 1.67 bits per heavy atom. The summed E-state index contributed by atoms with van der Waals surface area (Å²) in [5, 5.41) is 0. The van der Waals surface area contributed by atoms with Crippen LogP contribution in [-0.2, 0) is 9.59 Å². The maximum absolute atomic E-state index is 10.4. The summed E-state index contributed by atoms with van der Waals surface area (Å²) in [5.74, 6) is -0.572. The van der Waals surface area contributed by atoms with Gasteiger partial charge in [-0.1, -0.05) is 6.92 Å². The van der Waals surface area contributed by atoms with Crippen molar-refractivity contribution in [2.24, 2.45) is 0 Å². The molecule has 0 aromatic rings. The van der Waals surface area contributed by atoms with Crippen molar-refractivity contribution in [3.8, 4) is 0 Å². The second-order valence-corrected chi connectivity index (χ2v) is 1.83. The minimum absolute atomic E-state index is 0.572. The van der Waals surface area contributed by atoms with Crippen LogP contribution in [0.15, 0.2) is 0 Å². The molecular formula is C6H10NO2. The van der Waals surface area contributed by atoms with Gasteiger partial charge in [-0.15, -0.1) is 0 Å². The summed E-state index contributed by atoms with van der Waals surface area (Å²) in [7, 11) is 1.58. The standard InChI is InChI=1S/C6H10NO2/c1-3-4-7(2)6(9)5-8/h3-4H2,1-2H3.